The first-order chi connectivity index (χ1) is 13.0. The summed E-state index contributed by atoms with van der Waals surface area (Å²) in [4.78, 5) is 26.4. The van der Waals surface area contributed by atoms with Crippen LogP contribution in [-0.4, -0.2) is 22.8 Å². The molecule has 0 unspecified atom stereocenters. The minimum atomic E-state index is -0.511. The zero-order valence-electron chi connectivity index (χ0n) is 14.1. The van der Waals surface area contributed by atoms with Crippen LogP contribution in [0.15, 0.2) is 46.2 Å². The van der Waals surface area contributed by atoms with E-state index in [1.54, 1.807) is 18.2 Å². The summed E-state index contributed by atoms with van der Waals surface area (Å²) in [5.41, 5.74) is 1.48. The lowest BCUT2D eigenvalue weighted by Gasteiger charge is -2.28. The van der Waals surface area contributed by atoms with Crippen molar-refractivity contribution in [1.29, 1.82) is 0 Å². The average molecular weight is 423 g/mol. The van der Waals surface area contributed by atoms with Crippen molar-refractivity contribution < 1.29 is 14.0 Å². The molecule has 4 rings (SSSR count). The highest BCUT2D eigenvalue weighted by Gasteiger charge is 2.31. The second kappa shape index (κ2) is 7.73. The maximum Gasteiger partial charge on any atom is 0.238 e. The third-order valence-electron chi connectivity index (χ3n) is 4.49. The Balaban J connectivity index is 1.44. The standard InChI is InChI=1S/C19H16ClFN2O2S2/c20-10-4-5-15-14(8-10)23-19(25)16(27-15)9-17(24)22-13-6-7-26-18-11(13)2-1-3-12(18)21/h1-5,8,13,16H,6-7,9H2,(H,22,24)(H,23,25)/t13-,16+/m1/s1. The van der Waals surface area contributed by atoms with Gasteiger partial charge in [0.25, 0.3) is 0 Å². The summed E-state index contributed by atoms with van der Waals surface area (Å²) in [7, 11) is 0. The lowest BCUT2D eigenvalue weighted by Crippen LogP contribution is -2.37. The van der Waals surface area contributed by atoms with Crippen molar-refractivity contribution in [2.75, 3.05) is 11.1 Å². The van der Waals surface area contributed by atoms with Gasteiger partial charge in [0.1, 0.15) is 5.82 Å². The number of anilines is 1. The van der Waals surface area contributed by atoms with Crippen LogP contribution in [-0.2, 0) is 9.59 Å². The Morgan fingerprint density at radius 3 is 3.04 bits per heavy atom. The smallest absolute Gasteiger partial charge is 0.238 e. The van der Waals surface area contributed by atoms with Gasteiger partial charge in [-0.1, -0.05) is 23.7 Å². The Kier molecular flexibility index (Phi) is 5.34. The first kappa shape index (κ1) is 18.7. The third kappa shape index (κ3) is 3.95. The Morgan fingerprint density at radius 1 is 1.33 bits per heavy atom. The van der Waals surface area contributed by atoms with E-state index in [1.165, 1.54) is 29.6 Å². The number of halogens is 2. The first-order valence-electron chi connectivity index (χ1n) is 8.49. The number of thioether (sulfide) groups is 2. The molecule has 0 fully saturated rings. The van der Waals surface area contributed by atoms with Crippen molar-refractivity contribution in [1.82, 2.24) is 5.32 Å². The van der Waals surface area contributed by atoms with Gasteiger partial charge in [-0.05, 0) is 36.2 Å². The van der Waals surface area contributed by atoms with Crippen molar-refractivity contribution >= 4 is 52.6 Å². The number of fused-ring (bicyclic) bond motifs is 2. The van der Waals surface area contributed by atoms with E-state index in [2.05, 4.69) is 10.6 Å². The van der Waals surface area contributed by atoms with Crippen LogP contribution in [0.25, 0.3) is 0 Å². The lowest BCUT2D eigenvalue weighted by atomic mass is 10.0. The largest absolute Gasteiger partial charge is 0.349 e. The number of hydrogen-bond donors (Lipinski definition) is 2. The van der Waals surface area contributed by atoms with Gasteiger partial charge in [0.05, 0.1) is 17.0 Å². The van der Waals surface area contributed by atoms with E-state index in [0.717, 1.165) is 22.6 Å². The Bertz CT molecular complexity index is 925. The highest BCUT2D eigenvalue weighted by molar-refractivity contribution is 8.01. The summed E-state index contributed by atoms with van der Waals surface area (Å²) in [6.45, 7) is 0. The van der Waals surface area contributed by atoms with Gasteiger partial charge < -0.3 is 10.6 Å². The third-order valence-corrected chi connectivity index (χ3v) is 7.16. The van der Waals surface area contributed by atoms with Gasteiger partial charge in [0.15, 0.2) is 0 Å². The Hall–Kier alpha value is -1.70. The first-order valence-corrected chi connectivity index (χ1v) is 10.7. The molecule has 0 saturated heterocycles. The molecule has 2 heterocycles. The van der Waals surface area contributed by atoms with Crippen LogP contribution < -0.4 is 10.6 Å². The number of nitrogens with one attached hydrogen (secondary N) is 2. The van der Waals surface area contributed by atoms with Gasteiger partial charge in [-0.15, -0.1) is 23.5 Å². The van der Waals surface area contributed by atoms with Crippen LogP contribution >= 0.6 is 35.1 Å². The molecule has 2 aliphatic heterocycles. The molecular weight excluding hydrogens is 407 g/mol. The summed E-state index contributed by atoms with van der Waals surface area (Å²) in [5.74, 6) is 0.0581. The van der Waals surface area contributed by atoms with Crippen LogP contribution in [0.1, 0.15) is 24.4 Å². The molecule has 0 aromatic heterocycles. The summed E-state index contributed by atoms with van der Waals surface area (Å²) in [6.07, 6.45) is 0.797. The number of carbonyl (C=O) groups is 2. The Labute approximate surface area is 169 Å². The van der Waals surface area contributed by atoms with Crippen molar-refractivity contribution in [2.45, 2.75) is 33.9 Å². The highest BCUT2D eigenvalue weighted by Crippen LogP contribution is 2.40. The molecule has 2 aliphatic rings. The zero-order valence-corrected chi connectivity index (χ0v) is 16.5. The van der Waals surface area contributed by atoms with E-state index in [4.69, 9.17) is 11.6 Å². The average Bonchev–Trinajstić information content (AvgIpc) is 2.63. The molecule has 2 atom stereocenters. The lowest BCUT2D eigenvalue weighted by molar-refractivity contribution is -0.124. The maximum absolute atomic E-state index is 14.0. The molecule has 2 amide bonds. The van der Waals surface area contributed by atoms with Crippen LogP contribution in [0.5, 0.6) is 0 Å². The summed E-state index contributed by atoms with van der Waals surface area (Å²) in [6, 6.07) is 10.00. The monoisotopic (exact) mass is 422 g/mol. The number of amides is 2. The second-order valence-electron chi connectivity index (χ2n) is 6.36. The van der Waals surface area contributed by atoms with Crippen LogP contribution in [0.4, 0.5) is 10.1 Å². The van der Waals surface area contributed by atoms with Gasteiger partial charge in [-0.25, -0.2) is 4.39 Å². The minimum absolute atomic E-state index is 0.0624. The van der Waals surface area contributed by atoms with Gasteiger partial charge in [0, 0.05) is 27.0 Å². The quantitative estimate of drug-likeness (QED) is 0.756. The van der Waals surface area contributed by atoms with E-state index in [-0.39, 0.29) is 30.1 Å². The summed E-state index contributed by atoms with van der Waals surface area (Å²) < 4.78 is 14.0. The minimum Gasteiger partial charge on any atom is -0.349 e. The molecule has 0 bridgehead atoms. The number of carbonyl (C=O) groups excluding carboxylic acids is 2. The fourth-order valence-electron chi connectivity index (χ4n) is 3.22. The fourth-order valence-corrected chi connectivity index (χ4v) is 5.62. The maximum atomic E-state index is 14.0. The molecule has 0 aliphatic carbocycles. The molecular formula is C19H16ClFN2O2S2. The van der Waals surface area contributed by atoms with E-state index in [1.807, 2.05) is 12.1 Å². The van der Waals surface area contributed by atoms with Crippen LogP contribution in [0, 0.1) is 5.82 Å². The van der Waals surface area contributed by atoms with Gasteiger partial charge in [-0.3, -0.25) is 9.59 Å². The SMILES string of the molecule is O=C(C[C@@H]1Sc2ccc(Cl)cc2NC1=O)N[C@@H]1CCSc2c(F)cccc21. The molecule has 27 heavy (non-hydrogen) atoms. The number of rotatable bonds is 3. The zero-order chi connectivity index (χ0) is 19.0. The predicted octanol–water partition coefficient (Wildman–Crippen LogP) is 4.64. The normalized spacial score (nSPS) is 21.0. The van der Waals surface area contributed by atoms with E-state index in [9.17, 15) is 14.0 Å². The van der Waals surface area contributed by atoms with E-state index in [0.29, 0.717) is 15.6 Å². The van der Waals surface area contributed by atoms with Crippen molar-refractivity contribution in [3.8, 4) is 0 Å². The van der Waals surface area contributed by atoms with Gasteiger partial charge in [-0.2, -0.15) is 0 Å². The molecule has 4 nitrogen and oxygen atoms in total. The molecule has 2 aromatic rings. The number of benzene rings is 2. The predicted molar refractivity (Wildman–Crippen MR) is 107 cm³/mol. The van der Waals surface area contributed by atoms with Gasteiger partial charge >= 0.3 is 0 Å². The fraction of sp³-hybridized carbons (Fsp3) is 0.263. The molecule has 2 aromatic carbocycles. The summed E-state index contributed by atoms with van der Waals surface area (Å²) in [5, 5.41) is 5.81. The number of hydrogen-bond acceptors (Lipinski definition) is 4. The summed E-state index contributed by atoms with van der Waals surface area (Å²) >= 11 is 8.78. The topological polar surface area (TPSA) is 58.2 Å². The van der Waals surface area contributed by atoms with E-state index < -0.39 is 5.25 Å². The Morgan fingerprint density at radius 2 is 2.19 bits per heavy atom. The second-order valence-corrected chi connectivity index (χ2v) is 9.14. The van der Waals surface area contributed by atoms with Gasteiger partial charge in [0.2, 0.25) is 11.8 Å². The molecule has 0 saturated carbocycles. The van der Waals surface area contributed by atoms with Crippen LogP contribution in [0.2, 0.25) is 5.02 Å². The van der Waals surface area contributed by atoms with Crippen molar-refractivity contribution in [2.24, 2.45) is 0 Å². The van der Waals surface area contributed by atoms with Crippen LogP contribution in [0.3, 0.4) is 0 Å². The molecule has 0 spiro atoms. The van der Waals surface area contributed by atoms with Crippen molar-refractivity contribution in [3.05, 3.63) is 52.8 Å². The molecule has 8 heteroatoms. The molecule has 140 valence electrons. The van der Waals surface area contributed by atoms with E-state index >= 15 is 0 Å². The highest BCUT2D eigenvalue weighted by atomic mass is 35.5. The van der Waals surface area contributed by atoms with Crippen molar-refractivity contribution in [3.63, 3.8) is 0 Å². The molecule has 0 radical (unpaired) electrons. The molecule has 2 N–H and O–H groups in total.